The molecule has 0 aliphatic carbocycles. The van der Waals surface area contributed by atoms with Crippen molar-refractivity contribution in [2.24, 2.45) is 17.8 Å². The van der Waals surface area contributed by atoms with Crippen molar-refractivity contribution < 1.29 is 27.9 Å². The van der Waals surface area contributed by atoms with Crippen LogP contribution in [-0.2, 0) is 30.2 Å². The molecule has 1 aromatic rings. The van der Waals surface area contributed by atoms with Crippen molar-refractivity contribution in [3.05, 3.63) is 35.9 Å². The second kappa shape index (κ2) is 16.7. The van der Waals surface area contributed by atoms with Crippen LogP contribution in [0.3, 0.4) is 0 Å². The van der Waals surface area contributed by atoms with Crippen LogP contribution in [-0.4, -0.2) is 76.6 Å². The summed E-state index contributed by atoms with van der Waals surface area (Å²) in [5.74, 6) is -1.47. The number of carbonyl (C=O) groups is 3. The average molecular weight is 580 g/mol. The van der Waals surface area contributed by atoms with Gasteiger partial charge in [0, 0.05) is 12.5 Å². The lowest BCUT2D eigenvalue weighted by atomic mass is 9.84. The first-order valence-corrected chi connectivity index (χ1v) is 16.1. The van der Waals surface area contributed by atoms with E-state index in [1.54, 1.807) is 30.3 Å². The number of carbonyl (C=O) groups excluding carboxylic acids is 2. The van der Waals surface area contributed by atoms with Gasteiger partial charge in [-0.1, -0.05) is 30.3 Å². The molecular formula is C28H45N5O6S. The highest BCUT2D eigenvalue weighted by molar-refractivity contribution is 7.88. The first-order valence-electron chi connectivity index (χ1n) is 14.4. The van der Waals surface area contributed by atoms with Crippen LogP contribution in [0.2, 0.25) is 0 Å². The van der Waals surface area contributed by atoms with Crippen molar-refractivity contribution in [2.75, 3.05) is 39.3 Å². The van der Waals surface area contributed by atoms with Crippen LogP contribution in [0, 0.1) is 17.8 Å². The fraction of sp³-hybridized carbons (Fsp3) is 0.679. The van der Waals surface area contributed by atoms with Gasteiger partial charge in [0.25, 0.3) is 0 Å². The smallest absolute Gasteiger partial charge is 0.323 e. The Labute approximate surface area is 237 Å². The summed E-state index contributed by atoms with van der Waals surface area (Å²) in [5.41, 5.74) is 0.515. The Hall–Kier alpha value is -2.54. The molecule has 1 atom stereocenters. The van der Waals surface area contributed by atoms with E-state index in [-0.39, 0.29) is 24.1 Å². The highest BCUT2D eigenvalue weighted by atomic mass is 32.2. The Morgan fingerprint density at radius 1 is 0.875 bits per heavy atom. The first kappa shape index (κ1) is 32.0. The third-order valence-corrected chi connectivity index (χ3v) is 9.24. The zero-order valence-corrected chi connectivity index (χ0v) is 24.0. The van der Waals surface area contributed by atoms with Crippen molar-refractivity contribution in [3.8, 4) is 0 Å². The van der Waals surface area contributed by atoms with Gasteiger partial charge in [-0.2, -0.15) is 4.72 Å². The van der Waals surface area contributed by atoms with E-state index in [2.05, 4.69) is 26.0 Å². The third-order valence-electron chi connectivity index (χ3n) is 7.88. The monoisotopic (exact) mass is 579 g/mol. The van der Waals surface area contributed by atoms with Crippen LogP contribution in [0.5, 0.6) is 0 Å². The number of hydrogen-bond donors (Lipinski definition) is 6. The summed E-state index contributed by atoms with van der Waals surface area (Å²) in [4.78, 5) is 37.2. The lowest BCUT2D eigenvalue weighted by molar-refractivity contribution is -0.139. The van der Waals surface area contributed by atoms with Crippen LogP contribution in [0.4, 0.5) is 0 Å². The molecule has 0 aromatic heterocycles. The minimum absolute atomic E-state index is 0.156. The number of hydrogen-bond acceptors (Lipinski definition) is 7. The lowest BCUT2D eigenvalue weighted by Crippen LogP contribution is -2.50. The molecule has 0 saturated carbocycles. The van der Waals surface area contributed by atoms with Crippen LogP contribution in [0.15, 0.2) is 30.3 Å². The van der Waals surface area contributed by atoms with Crippen LogP contribution in [0.1, 0.15) is 56.9 Å². The maximum absolute atomic E-state index is 13.1. The number of sulfonamides is 1. The number of carboxylic acid groups (broad SMARTS) is 1. The summed E-state index contributed by atoms with van der Waals surface area (Å²) >= 11 is 0. The minimum atomic E-state index is -3.96. The molecule has 11 nitrogen and oxygen atoms in total. The van der Waals surface area contributed by atoms with Crippen LogP contribution >= 0.6 is 0 Å². The van der Waals surface area contributed by atoms with Gasteiger partial charge in [0.2, 0.25) is 21.8 Å². The maximum atomic E-state index is 13.1. The third kappa shape index (κ3) is 11.9. The normalized spacial score (nSPS) is 17.8. The Morgan fingerprint density at radius 3 is 1.95 bits per heavy atom. The SMILES string of the molecule is O=C(CNC(=O)C(CCC1CCNCC1)CCC1CCNCC1)NCC(NS(=O)(=O)Cc1ccccc1)C(=O)O. The zero-order valence-electron chi connectivity index (χ0n) is 23.2. The Morgan fingerprint density at radius 2 is 1.43 bits per heavy atom. The predicted molar refractivity (Wildman–Crippen MR) is 153 cm³/mol. The number of nitrogens with one attached hydrogen (secondary N) is 5. The van der Waals surface area contributed by atoms with E-state index in [1.807, 2.05) is 0 Å². The van der Waals surface area contributed by atoms with Crippen LogP contribution < -0.4 is 26.0 Å². The number of aliphatic carboxylic acids is 1. The molecule has 0 spiro atoms. The van der Waals surface area contributed by atoms with E-state index in [0.717, 1.165) is 77.5 Å². The fourth-order valence-corrected chi connectivity index (χ4v) is 6.77. The van der Waals surface area contributed by atoms with E-state index in [1.165, 1.54) is 0 Å². The Balaban J connectivity index is 1.46. The second-order valence-electron chi connectivity index (χ2n) is 11.0. The zero-order chi connectivity index (χ0) is 28.8. The minimum Gasteiger partial charge on any atom is -0.480 e. The molecule has 2 fully saturated rings. The average Bonchev–Trinajstić information content (AvgIpc) is 2.95. The van der Waals surface area contributed by atoms with Crippen molar-refractivity contribution in [1.82, 2.24) is 26.0 Å². The quantitative estimate of drug-likeness (QED) is 0.169. The second-order valence-corrected chi connectivity index (χ2v) is 12.8. The largest absolute Gasteiger partial charge is 0.480 e. The number of benzene rings is 1. The molecule has 3 rings (SSSR count). The highest BCUT2D eigenvalue weighted by Crippen LogP contribution is 2.26. The molecule has 2 heterocycles. The molecule has 2 amide bonds. The summed E-state index contributed by atoms with van der Waals surface area (Å²) in [5, 5.41) is 21.4. The molecule has 0 bridgehead atoms. The van der Waals surface area contributed by atoms with E-state index in [9.17, 15) is 27.9 Å². The van der Waals surface area contributed by atoms with E-state index in [0.29, 0.717) is 17.4 Å². The molecule has 2 aliphatic rings. The van der Waals surface area contributed by atoms with Gasteiger partial charge in [-0.25, -0.2) is 8.42 Å². The topological polar surface area (TPSA) is 166 Å². The van der Waals surface area contributed by atoms with E-state index < -0.39 is 34.5 Å². The Bertz CT molecular complexity index is 1020. The van der Waals surface area contributed by atoms with Gasteiger partial charge >= 0.3 is 5.97 Å². The molecule has 0 radical (unpaired) electrons. The number of carboxylic acids is 1. The summed E-state index contributed by atoms with van der Waals surface area (Å²) in [6, 6.07) is 6.87. The summed E-state index contributed by atoms with van der Waals surface area (Å²) in [7, 11) is -3.96. The molecule has 224 valence electrons. The first-order chi connectivity index (χ1) is 19.2. The number of piperidine rings is 2. The fourth-order valence-electron chi connectivity index (χ4n) is 5.44. The van der Waals surface area contributed by atoms with Gasteiger partial charge < -0.3 is 26.4 Å². The molecule has 12 heteroatoms. The molecule has 1 aromatic carbocycles. The van der Waals surface area contributed by atoms with Gasteiger partial charge in [0.15, 0.2) is 0 Å². The van der Waals surface area contributed by atoms with Crippen molar-refractivity contribution in [1.29, 1.82) is 0 Å². The standard InChI is InChI=1S/C28H45N5O6S/c34-26(31-18-25(28(36)37)33-40(38,39)20-23-4-2-1-3-5-23)19-32-27(35)24(8-6-21-10-14-29-15-11-21)9-7-22-12-16-30-17-13-22/h1-5,21-22,24-25,29-30,33H,6-20H2,(H,31,34)(H,32,35)(H,36,37). The summed E-state index contributed by atoms with van der Waals surface area (Å²) < 4.78 is 27.0. The molecule has 2 aliphatic heterocycles. The summed E-state index contributed by atoms with van der Waals surface area (Å²) in [6.45, 7) is 3.31. The van der Waals surface area contributed by atoms with Crippen molar-refractivity contribution in [2.45, 2.75) is 63.2 Å². The van der Waals surface area contributed by atoms with E-state index in [4.69, 9.17) is 0 Å². The number of rotatable bonds is 16. The molecule has 2 saturated heterocycles. The van der Waals surface area contributed by atoms with Crippen molar-refractivity contribution >= 4 is 27.8 Å². The van der Waals surface area contributed by atoms with Gasteiger partial charge in [0.05, 0.1) is 12.3 Å². The van der Waals surface area contributed by atoms with Gasteiger partial charge in [-0.3, -0.25) is 14.4 Å². The maximum Gasteiger partial charge on any atom is 0.323 e. The van der Waals surface area contributed by atoms with Gasteiger partial charge in [-0.05, 0) is 94.9 Å². The summed E-state index contributed by atoms with van der Waals surface area (Å²) in [6.07, 6.45) is 8.01. The van der Waals surface area contributed by atoms with Crippen molar-refractivity contribution in [3.63, 3.8) is 0 Å². The number of amides is 2. The van der Waals surface area contributed by atoms with Gasteiger partial charge in [0.1, 0.15) is 6.04 Å². The highest BCUT2D eigenvalue weighted by Gasteiger charge is 2.26. The predicted octanol–water partition coefficient (Wildman–Crippen LogP) is 0.967. The Kier molecular flexibility index (Phi) is 13.3. The molecule has 6 N–H and O–H groups in total. The van der Waals surface area contributed by atoms with Gasteiger partial charge in [-0.15, -0.1) is 0 Å². The molecule has 1 unspecified atom stereocenters. The molecular weight excluding hydrogens is 534 g/mol. The lowest BCUT2D eigenvalue weighted by Gasteiger charge is -2.27. The van der Waals surface area contributed by atoms with E-state index >= 15 is 0 Å². The van der Waals surface area contributed by atoms with Crippen LogP contribution in [0.25, 0.3) is 0 Å². The molecule has 40 heavy (non-hydrogen) atoms.